The van der Waals surface area contributed by atoms with E-state index in [0.717, 1.165) is 5.56 Å². The number of aromatic hydroxyl groups is 1. The lowest BCUT2D eigenvalue weighted by molar-refractivity contribution is 0.0963. The van der Waals surface area contributed by atoms with Crippen LogP contribution in [-0.4, -0.2) is 18.1 Å². The van der Waals surface area contributed by atoms with Gasteiger partial charge in [0.2, 0.25) is 0 Å². The number of rotatable bonds is 4. The van der Waals surface area contributed by atoms with Crippen LogP contribution in [0.1, 0.15) is 15.9 Å². The molecule has 0 saturated heterocycles. The average Bonchev–Trinajstić information content (AvgIpc) is 2.48. The summed E-state index contributed by atoms with van der Waals surface area (Å²) >= 11 is 0. The van der Waals surface area contributed by atoms with Gasteiger partial charge in [-0.15, -0.1) is 0 Å². The number of hydrogen-bond acceptors (Lipinski definition) is 3. The van der Waals surface area contributed by atoms with Gasteiger partial charge in [-0.25, -0.2) is 4.39 Å². The number of phenols is 1. The number of carbonyl (C=O) groups is 1. The van der Waals surface area contributed by atoms with E-state index in [1.165, 1.54) is 12.1 Å². The van der Waals surface area contributed by atoms with Crippen LogP contribution >= 0.6 is 0 Å². The summed E-state index contributed by atoms with van der Waals surface area (Å²) in [5.74, 6) is -1.17. The molecule has 20 heavy (non-hydrogen) atoms. The third-order valence-corrected chi connectivity index (χ3v) is 2.89. The molecule has 1 amide bonds. The fourth-order valence-corrected chi connectivity index (χ4v) is 1.74. The summed E-state index contributed by atoms with van der Waals surface area (Å²) in [7, 11) is 1.58. The molecule has 0 aliphatic rings. The van der Waals surface area contributed by atoms with E-state index in [9.17, 15) is 9.18 Å². The molecule has 0 atom stereocenters. The van der Waals surface area contributed by atoms with E-state index in [1.54, 1.807) is 25.2 Å². The fraction of sp³-hybridized carbons (Fsp3) is 0.133. The molecule has 0 aromatic heterocycles. The molecule has 2 rings (SSSR count). The maximum absolute atomic E-state index is 13.2. The van der Waals surface area contributed by atoms with Gasteiger partial charge in [0.05, 0.1) is 0 Å². The van der Waals surface area contributed by atoms with Gasteiger partial charge < -0.3 is 15.7 Å². The van der Waals surface area contributed by atoms with Gasteiger partial charge in [0.25, 0.3) is 5.91 Å². The number of hydrogen-bond donors (Lipinski definition) is 3. The van der Waals surface area contributed by atoms with Crippen LogP contribution in [0.2, 0.25) is 0 Å². The van der Waals surface area contributed by atoms with Crippen molar-refractivity contribution < 1.29 is 14.3 Å². The van der Waals surface area contributed by atoms with Crippen LogP contribution in [0.15, 0.2) is 42.5 Å². The molecule has 0 bridgehead atoms. The fourth-order valence-electron chi connectivity index (χ4n) is 1.74. The van der Waals surface area contributed by atoms with Gasteiger partial charge in [-0.1, -0.05) is 12.1 Å². The molecule has 0 unspecified atom stereocenters. The summed E-state index contributed by atoms with van der Waals surface area (Å²) in [4.78, 5) is 11.4. The second kappa shape index (κ2) is 6.06. The van der Waals surface area contributed by atoms with Crippen molar-refractivity contribution >= 4 is 11.6 Å². The number of carbonyl (C=O) groups excluding carboxylic acids is 1. The largest absolute Gasteiger partial charge is 0.505 e. The van der Waals surface area contributed by atoms with Crippen molar-refractivity contribution in [1.29, 1.82) is 0 Å². The smallest absolute Gasteiger partial charge is 0.251 e. The standard InChI is InChI=1S/C15H15FN2O2/c1-17-15(20)11-4-2-10(3-5-11)9-18-12-6-7-14(19)13(16)8-12/h2-8,18-19H,9H2,1H3,(H,17,20). The number of nitrogens with one attached hydrogen (secondary N) is 2. The van der Waals surface area contributed by atoms with Crippen LogP contribution in [0, 0.1) is 5.82 Å². The summed E-state index contributed by atoms with van der Waals surface area (Å²) < 4.78 is 13.2. The lowest BCUT2D eigenvalue weighted by Gasteiger charge is -2.08. The molecule has 4 nitrogen and oxygen atoms in total. The summed E-state index contributed by atoms with van der Waals surface area (Å²) in [6, 6.07) is 11.2. The van der Waals surface area contributed by atoms with Crippen molar-refractivity contribution in [3.63, 3.8) is 0 Å². The second-order valence-corrected chi connectivity index (χ2v) is 4.30. The molecular formula is C15H15FN2O2. The minimum Gasteiger partial charge on any atom is -0.505 e. The van der Waals surface area contributed by atoms with E-state index < -0.39 is 5.82 Å². The second-order valence-electron chi connectivity index (χ2n) is 4.30. The first kappa shape index (κ1) is 13.9. The van der Waals surface area contributed by atoms with Crippen molar-refractivity contribution in [2.24, 2.45) is 0 Å². The zero-order valence-electron chi connectivity index (χ0n) is 11.0. The molecule has 0 radical (unpaired) electrons. The SMILES string of the molecule is CNC(=O)c1ccc(CNc2ccc(O)c(F)c2)cc1. The van der Waals surface area contributed by atoms with E-state index >= 15 is 0 Å². The normalized spacial score (nSPS) is 10.1. The van der Waals surface area contributed by atoms with Gasteiger partial charge in [-0.3, -0.25) is 4.79 Å². The Morgan fingerprint density at radius 3 is 2.50 bits per heavy atom. The molecule has 0 saturated carbocycles. The van der Waals surface area contributed by atoms with Gasteiger partial charge >= 0.3 is 0 Å². The first-order valence-electron chi connectivity index (χ1n) is 6.13. The number of phenolic OH excluding ortho intramolecular Hbond substituents is 1. The molecule has 0 aliphatic heterocycles. The highest BCUT2D eigenvalue weighted by Crippen LogP contribution is 2.19. The molecule has 104 valence electrons. The molecule has 0 fully saturated rings. The van der Waals surface area contributed by atoms with E-state index in [0.29, 0.717) is 17.8 Å². The third-order valence-electron chi connectivity index (χ3n) is 2.89. The highest BCUT2D eigenvalue weighted by molar-refractivity contribution is 5.93. The van der Waals surface area contributed by atoms with Crippen LogP contribution in [0.25, 0.3) is 0 Å². The summed E-state index contributed by atoms with van der Waals surface area (Å²) in [5, 5.41) is 14.7. The van der Waals surface area contributed by atoms with Gasteiger partial charge in [-0.2, -0.15) is 0 Å². The Morgan fingerprint density at radius 2 is 1.90 bits per heavy atom. The molecule has 3 N–H and O–H groups in total. The van der Waals surface area contributed by atoms with Crippen molar-refractivity contribution in [2.75, 3.05) is 12.4 Å². The van der Waals surface area contributed by atoms with Crippen molar-refractivity contribution in [3.8, 4) is 5.75 Å². The molecule has 5 heteroatoms. The van der Waals surface area contributed by atoms with Gasteiger partial charge in [-0.05, 0) is 29.8 Å². The minimum atomic E-state index is -0.662. The van der Waals surface area contributed by atoms with E-state index in [4.69, 9.17) is 5.11 Å². The van der Waals surface area contributed by atoms with Crippen LogP contribution < -0.4 is 10.6 Å². The van der Waals surface area contributed by atoms with E-state index in [-0.39, 0.29) is 11.7 Å². The number of amides is 1. The van der Waals surface area contributed by atoms with Gasteiger partial charge in [0.1, 0.15) is 0 Å². The minimum absolute atomic E-state index is 0.134. The van der Waals surface area contributed by atoms with Crippen molar-refractivity contribution in [3.05, 3.63) is 59.4 Å². The predicted molar refractivity (Wildman–Crippen MR) is 75.2 cm³/mol. The Balaban J connectivity index is 2.00. The Kier molecular flexibility index (Phi) is 4.20. The lowest BCUT2D eigenvalue weighted by Crippen LogP contribution is -2.17. The summed E-state index contributed by atoms with van der Waals surface area (Å²) in [6.45, 7) is 0.498. The highest BCUT2D eigenvalue weighted by Gasteiger charge is 2.03. The first-order chi connectivity index (χ1) is 9.60. The Labute approximate surface area is 116 Å². The van der Waals surface area contributed by atoms with Crippen molar-refractivity contribution in [1.82, 2.24) is 5.32 Å². The topological polar surface area (TPSA) is 61.4 Å². The van der Waals surface area contributed by atoms with E-state index in [2.05, 4.69) is 10.6 Å². The summed E-state index contributed by atoms with van der Waals surface area (Å²) in [5.41, 5.74) is 2.13. The van der Waals surface area contributed by atoms with Crippen LogP contribution in [-0.2, 0) is 6.54 Å². The number of halogens is 1. The highest BCUT2D eigenvalue weighted by atomic mass is 19.1. The number of benzene rings is 2. The van der Waals surface area contributed by atoms with Crippen molar-refractivity contribution in [2.45, 2.75) is 6.54 Å². The monoisotopic (exact) mass is 274 g/mol. The summed E-state index contributed by atoms with van der Waals surface area (Å²) in [6.07, 6.45) is 0. The average molecular weight is 274 g/mol. The van der Waals surface area contributed by atoms with Crippen LogP contribution in [0.4, 0.5) is 10.1 Å². The van der Waals surface area contributed by atoms with Crippen LogP contribution in [0.3, 0.4) is 0 Å². The maximum atomic E-state index is 13.2. The molecule has 2 aromatic rings. The molecule has 0 aliphatic carbocycles. The van der Waals surface area contributed by atoms with Crippen LogP contribution in [0.5, 0.6) is 5.75 Å². The third kappa shape index (κ3) is 3.26. The lowest BCUT2D eigenvalue weighted by atomic mass is 10.1. The number of anilines is 1. The maximum Gasteiger partial charge on any atom is 0.251 e. The zero-order valence-corrected chi connectivity index (χ0v) is 11.0. The van der Waals surface area contributed by atoms with Gasteiger partial charge in [0, 0.05) is 30.9 Å². The quantitative estimate of drug-likeness (QED) is 0.751. The predicted octanol–water partition coefficient (Wildman–Crippen LogP) is 2.50. The molecule has 0 spiro atoms. The molecule has 2 aromatic carbocycles. The Morgan fingerprint density at radius 1 is 1.20 bits per heavy atom. The van der Waals surface area contributed by atoms with Gasteiger partial charge in [0.15, 0.2) is 11.6 Å². The Hall–Kier alpha value is -2.56. The molecule has 0 heterocycles. The Bertz CT molecular complexity index is 612. The van der Waals surface area contributed by atoms with E-state index in [1.807, 2.05) is 12.1 Å². The zero-order chi connectivity index (χ0) is 14.5. The first-order valence-corrected chi connectivity index (χ1v) is 6.13. The molecular weight excluding hydrogens is 259 g/mol.